The summed E-state index contributed by atoms with van der Waals surface area (Å²) in [4.78, 5) is -1.41. The van der Waals surface area contributed by atoms with Crippen molar-refractivity contribution in [2.45, 2.75) is 35.4 Å². The molecule has 4 N–H and O–H groups in total. The Hall–Kier alpha value is -5.12. The van der Waals surface area contributed by atoms with Crippen LogP contribution in [0.1, 0.15) is 22.3 Å². The summed E-state index contributed by atoms with van der Waals surface area (Å²) in [6.45, 7) is 0. The zero-order valence-corrected chi connectivity index (χ0v) is 23.7. The fourth-order valence-electron chi connectivity index (χ4n) is 4.37. The summed E-state index contributed by atoms with van der Waals surface area (Å²) in [6, 6.07) is 5.44. The second-order valence-corrected chi connectivity index (χ2v) is 12.3. The molecule has 0 fully saturated rings. The normalized spacial score (nSPS) is 13.5. The zero-order chi connectivity index (χ0) is 34.0. The summed E-state index contributed by atoms with van der Waals surface area (Å²) in [5.41, 5.74) is -0.983. The Morgan fingerprint density at radius 3 is 1.02 bits per heavy atom. The molecule has 0 saturated carbocycles. The zero-order valence-electron chi connectivity index (χ0n) is 22.1. The van der Waals surface area contributed by atoms with Crippen molar-refractivity contribution in [2.75, 3.05) is 0 Å². The standard InChI is InChI=1S/C24H16F6N2O12S2/c25-23(26,27)41-11-1-5-13(6-2-11)45(37,38)43-31-19(33)15-9-17-18(10-16(15)20(31)34)22(36)32(21(17)35)44-46(39,40)14-7-3-12(4-8-14)42-24(28,29)30/h1-8,33-36H,9-10H2. The molecule has 0 bridgehead atoms. The number of rotatable bonds is 8. The lowest BCUT2D eigenvalue weighted by molar-refractivity contribution is -0.275. The quantitative estimate of drug-likeness (QED) is 0.173. The number of ether oxygens (including phenoxy) is 2. The van der Waals surface area contributed by atoms with Crippen LogP contribution >= 0.6 is 0 Å². The molecule has 4 aromatic rings. The first-order valence-corrected chi connectivity index (χ1v) is 14.9. The van der Waals surface area contributed by atoms with Gasteiger partial charge in [-0.05, 0) is 48.5 Å². The van der Waals surface area contributed by atoms with Crippen LogP contribution in [-0.2, 0) is 33.1 Å². The predicted molar refractivity (Wildman–Crippen MR) is 135 cm³/mol. The van der Waals surface area contributed by atoms with Gasteiger partial charge < -0.3 is 29.9 Å². The molecule has 22 heteroatoms. The van der Waals surface area contributed by atoms with E-state index in [1.807, 2.05) is 0 Å². The van der Waals surface area contributed by atoms with Gasteiger partial charge in [0.15, 0.2) is 0 Å². The molecule has 0 amide bonds. The van der Waals surface area contributed by atoms with Crippen molar-refractivity contribution < 1.29 is 81.6 Å². The minimum Gasteiger partial charge on any atom is -0.492 e. The second-order valence-electron chi connectivity index (χ2n) is 9.25. The lowest BCUT2D eigenvalue weighted by Crippen LogP contribution is -2.20. The molecule has 5 rings (SSSR count). The van der Waals surface area contributed by atoms with Crippen LogP contribution in [0.5, 0.6) is 35.0 Å². The molecule has 1 aliphatic carbocycles. The molecule has 0 radical (unpaired) electrons. The smallest absolute Gasteiger partial charge is 0.492 e. The highest BCUT2D eigenvalue weighted by Crippen LogP contribution is 2.46. The maximum absolute atomic E-state index is 12.7. The van der Waals surface area contributed by atoms with E-state index in [1.165, 1.54) is 0 Å². The van der Waals surface area contributed by atoms with Gasteiger partial charge in [0.2, 0.25) is 23.5 Å². The van der Waals surface area contributed by atoms with Gasteiger partial charge in [-0.25, -0.2) is 0 Å². The summed E-state index contributed by atoms with van der Waals surface area (Å²) in [7, 11) is -9.80. The van der Waals surface area contributed by atoms with Crippen LogP contribution in [0.4, 0.5) is 26.3 Å². The van der Waals surface area contributed by atoms with Crippen LogP contribution in [0.3, 0.4) is 0 Å². The molecular weight excluding hydrogens is 686 g/mol. The number of hydrogen-bond acceptors (Lipinski definition) is 12. The highest BCUT2D eigenvalue weighted by atomic mass is 32.2. The number of benzene rings is 2. The third-order valence-electron chi connectivity index (χ3n) is 6.32. The summed E-state index contributed by atoms with van der Waals surface area (Å²) in [5.74, 6) is -5.55. The average Bonchev–Trinajstić information content (AvgIpc) is 3.30. The Morgan fingerprint density at radius 2 is 0.783 bits per heavy atom. The maximum Gasteiger partial charge on any atom is 0.573 e. The fourth-order valence-corrected chi connectivity index (χ4v) is 6.15. The van der Waals surface area contributed by atoms with Gasteiger partial charge in [-0.3, -0.25) is 8.57 Å². The lowest BCUT2D eigenvalue weighted by Gasteiger charge is -2.11. The van der Waals surface area contributed by atoms with E-state index in [9.17, 15) is 63.6 Å². The molecule has 2 heterocycles. The molecule has 2 aromatic carbocycles. The van der Waals surface area contributed by atoms with Crippen LogP contribution in [0, 0.1) is 0 Å². The lowest BCUT2D eigenvalue weighted by atomic mass is 9.90. The van der Waals surface area contributed by atoms with Crippen molar-refractivity contribution >= 4 is 20.2 Å². The molecule has 46 heavy (non-hydrogen) atoms. The highest BCUT2D eigenvalue weighted by Gasteiger charge is 2.38. The van der Waals surface area contributed by atoms with Crippen LogP contribution in [0.15, 0.2) is 58.3 Å². The van der Waals surface area contributed by atoms with Crippen LogP contribution in [0.2, 0.25) is 0 Å². The Balaban J connectivity index is 1.39. The number of alkyl halides is 6. The summed E-state index contributed by atoms with van der Waals surface area (Å²) < 4.78 is 142. The maximum atomic E-state index is 12.7. The van der Waals surface area contributed by atoms with Gasteiger partial charge in [0.05, 0.1) is 0 Å². The largest absolute Gasteiger partial charge is 0.573 e. The Kier molecular flexibility index (Phi) is 7.54. The first kappa shape index (κ1) is 32.3. The summed E-state index contributed by atoms with van der Waals surface area (Å²) in [6.07, 6.45) is -11.2. The Bertz CT molecular complexity index is 1840. The van der Waals surface area contributed by atoms with Crippen molar-refractivity contribution in [1.29, 1.82) is 0 Å². The van der Waals surface area contributed by atoms with Crippen molar-refractivity contribution in [3.05, 3.63) is 70.8 Å². The number of nitrogens with zero attached hydrogens (tertiary/aromatic N) is 2. The first-order chi connectivity index (χ1) is 21.2. The van der Waals surface area contributed by atoms with E-state index in [0.29, 0.717) is 48.5 Å². The average molecular weight is 703 g/mol. The number of hydrogen-bond donors (Lipinski definition) is 4. The second kappa shape index (κ2) is 10.8. The van der Waals surface area contributed by atoms with Gasteiger partial charge in [0, 0.05) is 35.1 Å². The Labute approximate surface area is 252 Å². The summed E-state index contributed by atoms with van der Waals surface area (Å²) in [5, 5.41) is 42.7. The Morgan fingerprint density at radius 1 is 0.522 bits per heavy atom. The van der Waals surface area contributed by atoms with E-state index in [0.717, 1.165) is 0 Å². The molecule has 248 valence electrons. The van der Waals surface area contributed by atoms with Crippen molar-refractivity contribution in [3.63, 3.8) is 0 Å². The molecular formula is C24H16F6N2O12S2. The molecule has 0 unspecified atom stereocenters. The first-order valence-electron chi connectivity index (χ1n) is 12.1. The third kappa shape index (κ3) is 6.20. The number of fused-ring (bicyclic) bond motifs is 2. The molecule has 0 saturated heterocycles. The number of aromatic hydroxyl groups is 4. The highest BCUT2D eigenvalue weighted by molar-refractivity contribution is 7.87. The van der Waals surface area contributed by atoms with E-state index in [1.54, 1.807) is 0 Å². The van der Waals surface area contributed by atoms with Crippen LogP contribution in [0.25, 0.3) is 0 Å². The minimum atomic E-state index is -5.05. The molecule has 2 aromatic heterocycles. The molecule has 1 aliphatic rings. The van der Waals surface area contributed by atoms with Crippen molar-refractivity contribution in [1.82, 2.24) is 9.46 Å². The van der Waals surface area contributed by atoms with Gasteiger partial charge in [-0.15, -0.1) is 26.3 Å². The SMILES string of the molecule is O=S(=O)(On1c(O)c2c(c1O)Cc1c(c(O)n(OS(=O)(=O)c3ccc(OC(F)(F)F)cc3)c1O)C2)c1ccc(OC(F)(F)F)cc1. The summed E-state index contributed by atoms with van der Waals surface area (Å²) >= 11 is 0. The minimum absolute atomic E-state index is 0.0707. The fraction of sp³-hybridized carbons (Fsp3) is 0.167. The molecule has 14 nitrogen and oxygen atoms in total. The van der Waals surface area contributed by atoms with Crippen molar-refractivity contribution in [2.24, 2.45) is 0 Å². The number of aromatic nitrogens is 2. The van der Waals surface area contributed by atoms with Crippen molar-refractivity contribution in [3.8, 4) is 35.0 Å². The topological polar surface area (TPSA) is 196 Å². The molecule has 0 spiro atoms. The molecule has 0 atom stereocenters. The third-order valence-corrected chi connectivity index (χ3v) is 8.71. The van der Waals surface area contributed by atoms with Gasteiger partial charge in [0.1, 0.15) is 21.3 Å². The van der Waals surface area contributed by atoms with Crippen LogP contribution in [-0.4, -0.2) is 59.4 Å². The monoisotopic (exact) mass is 702 g/mol. The van der Waals surface area contributed by atoms with E-state index in [4.69, 9.17) is 8.57 Å². The van der Waals surface area contributed by atoms with Gasteiger partial charge >= 0.3 is 33.0 Å². The van der Waals surface area contributed by atoms with Crippen LogP contribution < -0.4 is 18.0 Å². The number of halogens is 6. The van der Waals surface area contributed by atoms with E-state index >= 15 is 0 Å². The van der Waals surface area contributed by atoms with E-state index in [2.05, 4.69) is 9.47 Å². The van der Waals surface area contributed by atoms with E-state index < -0.39 is 90.6 Å². The van der Waals surface area contributed by atoms with Gasteiger partial charge in [-0.1, -0.05) is 9.46 Å². The van der Waals surface area contributed by atoms with E-state index in [-0.39, 0.29) is 31.7 Å². The van der Waals surface area contributed by atoms with Gasteiger partial charge in [-0.2, -0.15) is 16.8 Å². The molecule has 0 aliphatic heterocycles. The van der Waals surface area contributed by atoms with Gasteiger partial charge in [0.25, 0.3) is 0 Å². The predicted octanol–water partition coefficient (Wildman–Crippen LogP) is 3.04.